The molecule has 2 aromatic heterocycles. The fourth-order valence-electron chi connectivity index (χ4n) is 1.87. The predicted octanol–water partition coefficient (Wildman–Crippen LogP) is 1.01. The van der Waals surface area contributed by atoms with Crippen molar-refractivity contribution in [3.8, 4) is 0 Å². The molecule has 0 unspecified atom stereocenters. The van der Waals surface area contributed by atoms with Crippen molar-refractivity contribution in [2.24, 2.45) is 0 Å². The number of nitrogens with zero attached hydrogens (tertiary/aromatic N) is 4. The third-order valence-electron chi connectivity index (χ3n) is 2.72. The van der Waals surface area contributed by atoms with Crippen LogP contribution in [-0.2, 0) is 17.8 Å². The lowest BCUT2D eigenvalue weighted by Crippen LogP contribution is -2.30. The van der Waals surface area contributed by atoms with Crippen LogP contribution in [0.4, 0.5) is 0 Å². The van der Waals surface area contributed by atoms with Crippen LogP contribution in [-0.4, -0.2) is 25.8 Å². The molecule has 0 spiro atoms. The number of nitrogens with one attached hydrogen (secondary N) is 1. The summed E-state index contributed by atoms with van der Waals surface area (Å²) in [5.41, 5.74) is 0.765. The lowest BCUT2D eigenvalue weighted by molar-refractivity contribution is -0.121. The average Bonchev–Trinajstić information content (AvgIpc) is 2.97. The van der Waals surface area contributed by atoms with Crippen molar-refractivity contribution >= 4 is 5.91 Å². The van der Waals surface area contributed by atoms with Gasteiger partial charge in [0.05, 0.1) is 18.2 Å². The zero-order valence-electron chi connectivity index (χ0n) is 11.3. The van der Waals surface area contributed by atoms with Crippen LogP contribution in [0.15, 0.2) is 16.9 Å². The van der Waals surface area contributed by atoms with Gasteiger partial charge < -0.3 is 9.84 Å². The number of rotatable bonds is 5. The molecule has 2 rings (SSSR count). The molecule has 2 aromatic rings. The molecule has 0 saturated carbocycles. The minimum absolute atomic E-state index is 0.130. The average molecular weight is 263 g/mol. The first-order valence-electron chi connectivity index (χ1n) is 6.19. The van der Waals surface area contributed by atoms with Gasteiger partial charge in [-0.05, 0) is 20.8 Å². The van der Waals surface area contributed by atoms with Crippen LogP contribution in [0.1, 0.15) is 37.2 Å². The fourth-order valence-corrected chi connectivity index (χ4v) is 1.87. The van der Waals surface area contributed by atoms with Crippen molar-refractivity contribution < 1.29 is 9.32 Å². The van der Waals surface area contributed by atoms with Gasteiger partial charge in [-0.3, -0.25) is 4.79 Å². The number of hydrogen-bond acceptors (Lipinski definition) is 5. The van der Waals surface area contributed by atoms with Gasteiger partial charge in [-0.2, -0.15) is 5.10 Å². The number of aryl methyl sites for hydroxylation is 2. The van der Waals surface area contributed by atoms with Gasteiger partial charge in [0, 0.05) is 12.6 Å². The molecule has 7 nitrogen and oxygen atoms in total. The summed E-state index contributed by atoms with van der Waals surface area (Å²) in [6, 6.07) is 1.55. The molecule has 7 heteroatoms. The summed E-state index contributed by atoms with van der Waals surface area (Å²) >= 11 is 0. The van der Waals surface area contributed by atoms with Gasteiger partial charge in [0.15, 0.2) is 0 Å². The van der Waals surface area contributed by atoms with Gasteiger partial charge in [-0.1, -0.05) is 5.16 Å². The second-order valence-corrected chi connectivity index (χ2v) is 4.33. The maximum atomic E-state index is 11.9. The fraction of sp³-hybridized carbons (Fsp3) is 0.500. The summed E-state index contributed by atoms with van der Waals surface area (Å²) in [6.07, 6.45) is 1.66. The lowest BCUT2D eigenvalue weighted by Gasteiger charge is -2.13. The Morgan fingerprint density at radius 2 is 2.37 bits per heavy atom. The zero-order chi connectivity index (χ0) is 13.8. The van der Waals surface area contributed by atoms with Crippen LogP contribution >= 0.6 is 0 Å². The molecule has 102 valence electrons. The Balaban J connectivity index is 1.95. The molecule has 0 aliphatic heterocycles. The van der Waals surface area contributed by atoms with E-state index in [0.29, 0.717) is 5.76 Å². The monoisotopic (exact) mass is 263 g/mol. The number of carbonyl (C=O) groups is 1. The molecule has 1 atom stereocenters. The van der Waals surface area contributed by atoms with Crippen molar-refractivity contribution in [3.05, 3.63) is 29.7 Å². The third-order valence-corrected chi connectivity index (χ3v) is 2.72. The van der Waals surface area contributed by atoms with Crippen LogP contribution in [0.5, 0.6) is 0 Å². The van der Waals surface area contributed by atoms with Gasteiger partial charge in [0.2, 0.25) is 5.91 Å². The second kappa shape index (κ2) is 5.64. The minimum atomic E-state index is -0.195. The lowest BCUT2D eigenvalue weighted by atomic mass is 10.2. The minimum Gasteiger partial charge on any atom is -0.361 e. The van der Waals surface area contributed by atoms with Gasteiger partial charge in [0.1, 0.15) is 17.9 Å². The predicted molar refractivity (Wildman–Crippen MR) is 67.2 cm³/mol. The Labute approximate surface area is 111 Å². The normalized spacial score (nSPS) is 12.4. The number of carbonyl (C=O) groups excluding carboxylic acids is 1. The Hall–Kier alpha value is -2.18. The van der Waals surface area contributed by atoms with Crippen molar-refractivity contribution in [2.75, 3.05) is 0 Å². The van der Waals surface area contributed by atoms with E-state index in [9.17, 15) is 4.79 Å². The van der Waals surface area contributed by atoms with Crippen LogP contribution in [0.3, 0.4) is 0 Å². The van der Waals surface area contributed by atoms with E-state index in [1.165, 1.54) is 6.33 Å². The van der Waals surface area contributed by atoms with Gasteiger partial charge >= 0.3 is 0 Å². The first-order valence-corrected chi connectivity index (χ1v) is 6.19. The first-order chi connectivity index (χ1) is 9.10. The largest absolute Gasteiger partial charge is 0.361 e. The van der Waals surface area contributed by atoms with E-state index in [1.54, 1.807) is 10.7 Å². The molecular formula is C12H17N5O2. The maximum absolute atomic E-state index is 11.9. The van der Waals surface area contributed by atoms with E-state index in [-0.39, 0.29) is 18.4 Å². The Morgan fingerprint density at radius 3 is 3.00 bits per heavy atom. The standard InChI is InChI=1S/C12H17N5O2/c1-4-17-12(13-7-14-17)9(3)15-11(18)6-10-5-8(2)16-19-10/h5,7,9H,4,6H2,1-3H3,(H,15,18)/t9-/m0/s1. The molecule has 0 fully saturated rings. The summed E-state index contributed by atoms with van der Waals surface area (Å²) in [7, 11) is 0. The molecule has 0 aliphatic carbocycles. The first kappa shape index (κ1) is 13.3. The molecule has 19 heavy (non-hydrogen) atoms. The van der Waals surface area contributed by atoms with Crippen LogP contribution in [0.2, 0.25) is 0 Å². The van der Waals surface area contributed by atoms with E-state index >= 15 is 0 Å². The van der Waals surface area contributed by atoms with Crippen molar-refractivity contribution in [3.63, 3.8) is 0 Å². The Bertz CT molecular complexity index is 560. The molecule has 0 saturated heterocycles. The van der Waals surface area contributed by atoms with Crippen molar-refractivity contribution in [1.29, 1.82) is 0 Å². The van der Waals surface area contributed by atoms with Gasteiger partial charge in [-0.15, -0.1) is 0 Å². The summed E-state index contributed by atoms with van der Waals surface area (Å²) in [4.78, 5) is 16.0. The topological polar surface area (TPSA) is 85.8 Å². The van der Waals surface area contributed by atoms with E-state index < -0.39 is 0 Å². The number of aromatic nitrogens is 4. The molecule has 0 aliphatic rings. The van der Waals surface area contributed by atoms with Crippen LogP contribution in [0, 0.1) is 6.92 Å². The highest BCUT2D eigenvalue weighted by atomic mass is 16.5. The molecule has 0 bridgehead atoms. The highest BCUT2D eigenvalue weighted by molar-refractivity contribution is 5.78. The van der Waals surface area contributed by atoms with E-state index in [1.807, 2.05) is 20.8 Å². The molecule has 0 aromatic carbocycles. The zero-order valence-corrected chi connectivity index (χ0v) is 11.3. The quantitative estimate of drug-likeness (QED) is 0.870. The highest BCUT2D eigenvalue weighted by Crippen LogP contribution is 2.09. The van der Waals surface area contributed by atoms with E-state index in [0.717, 1.165) is 18.1 Å². The summed E-state index contributed by atoms with van der Waals surface area (Å²) in [5.74, 6) is 1.16. The van der Waals surface area contributed by atoms with E-state index in [2.05, 4.69) is 20.6 Å². The van der Waals surface area contributed by atoms with E-state index in [4.69, 9.17) is 4.52 Å². The smallest absolute Gasteiger partial charge is 0.228 e. The van der Waals surface area contributed by atoms with Crippen LogP contribution in [0.25, 0.3) is 0 Å². The van der Waals surface area contributed by atoms with Crippen molar-refractivity contribution in [1.82, 2.24) is 25.2 Å². The third kappa shape index (κ3) is 3.18. The highest BCUT2D eigenvalue weighted by Gasteiger charge is 2.16. The second-order valence-electron chi connectivity index (χ2n) is 4.33. The molecule has 1 N–H and O–H groups in total. The Morgan fingerprint density at radius 1 is 1.58 bits per heavy atom. The number of amides is 1. The van der Waals surface area contributed by atoms with Crippen molar-refractivity contribution in [2.45, 2.75) is 39.8 Å². The molecule has 2 heterocycles. The summed E-state index contributed by atoms with van der Waals surface area (Å²) < 4.78 is 6.76. The summed E-state index contributed by atoms with van der Waals surface area (Å²) in [6.45, 7) is 6.39. The van der Waals surface area contributed by atoms with Crippen LogP contribution < -0.4 is 5.32 Å². The SMILES string of the molecule is CCn1ncnc1[C@H](C)NC(=O)Cc1cc(C)no1. The Kier molecular flexibility index (Phi) is 3.94. The maximum Gasteiger partial charge on any atom is 0.228 e. The van der Waals surface area contributed by atoms with Gasteiger partial charge in [-0.25, -0.2) is 9.67 Å². The molecule has 1 amide bonds. The molecule has 0 radical (unpaired) electrons. The number of hydrogen-bond donors (Lipinski definition) is 1. The summed E-state index contributed by atoms with van der Waals surface area (Å²) in [5, 5.41) is 10.7. The van der Waals surface area contributed by atoms with Gasteiger partial charge in [0.25, 0.3) is 0 Å². The molecular weight excluding hydrogens is 246 g/mol.